The van der Waals surface area contributed by atoms with Crippen molar-refractivity contribution in [3.8, 4) is 17.3 Å². The number of ether oxygens (including phenoxy) is 1. The number of hydrogen-bond donors (Lipinski definition) is 1. The quantitative estimate of drug-likeness (QED) is 0.342. The van der Waals surface area contributed by atoms with Gasteiger partial charge in [0.2, 0.25) is 0 Å². The van der Waals surface area contributed by atoms with Crippen LogP contribution in [0.4, 0.5) is 0 Å². The summed E-state index contributed by atoms with van der Waals surface area (Å²) < 4.78 is 5.45. The van der Waals surface area contributed by atoms with Gasteiger partial charge in [0, 0.05) is 21.9 Å². The predicted octanol–water partition coefficient (Wildman–Crippen LogP) is 5.33. The van der Waals surface area contributed by atoms with Crippen LogP contribution in [-0.4, -0.2) is 40.4 Å². The van der Waals surface area contributed by atoms with E-state index in [2.05, 4.69) is 6.07 Å². The van der Waals surface area contributed by atoms with Crippen LogP contribution in [0.5, 0.6) is 0 Å². The van der Waals surface area contributed by atoms with Crippen molar-refractivity contribution in [2.24, 2.45) is 5.73 Å². The zero-order valence-electron chi connectivity index (χ0n) is 20.8. The Labute approximate surface area is 229 Å². The number of fused-ring (bicyclic) bond motifs is 2. The van der Waals surface area contributed by atoms with E-state index < -0.39 is 17.8 Å². The minimum Gasteiger partial charge on any atom is -0.463 e. The van der Waals surface area contributed by atoms with Crippen molar-refractivity contribution < 1.29 is 14.3 Å². The fourth-order valence-corrected chi connectivity index (χ4v) is 6.10. The highest BCUT2D eigenvalue weighted by atomic mass is 32.2. The summed E-state index contributed by atoms with van der Waals surface area (Å²) in [6.07, 6.45) is 1.97. The van der Waals surface area contributed by atoms with E-state index in [1.807, 2.05) is 60.9 Å². The summed E-state index contributed by atoms with van der Waals surface area (Å²) in [6, 6.07) is 23.0. The third kappa shape index (κ3) is 4.46. The summed E-state index contributed by atoms with van der Waals surface area (Å²) in [4.78, 5) is 34.4. The first-order valence-electron chi connectivity index (χ1n) is 12.0. The third-order valence-corrected chi connectivity index (χ3v) is 8.19. The molecular weight excluding hydrogens is 516 g/mol. The largest absolute Gasteiger partial charge is 0.463 e. The van der Waals surface area contributed by atoms with E-state index in [4.69, 9.17) is 15.5 Å². The van der Waals surface area contributed by atoms with Crippen LogP contribution in [0.25, 0.3) is 11.3 Å². The van der Waals surface area contributed by atoms with E-state index in [1.54, 1.807) is 30.8 Å². The molecule has 2 aliphatic heterocycles. The van der Waals surface area contributed by atoms with Gasteiger partial charge < -0.3 is 10.5 Å². The van der Waals surface area contributed by atoms with Crippen LogP contribution in [-0.2, 0) is 9.53 Å². The van der Waals surface area contributed by atoms with Crippen LogP contribution in [0.15, 0.2) is 99.3 Å². The Morgan fingerprint density at radius 3 is 2.58 bits per heavy atom. The molecule has 1 amide bonds. The first-order valence-corrected chi connectivity index (χ1v) is 14.2. The van der Waals surface area contributed by atoms with Gasteiger partial charge in [0.05, 0.1) is 41.0 Å². The predicted molar refractivity (Wildman–Crippen MR) is 148 cm³/mol. The zero-order valence-corrected chi connectivity index (χ0v) is 22.4. The first-order chi connectivity index (χ1) is 18.5. The fraction of sp³-hybridized carbons (Fsp3) is 0.172. The molecule has 0 aliphatic carbocycles. The fourth-order valence-electron chi connectivity index (χ4n) is 4.66. The van der Waals surface area contributed by atoms with Crippen molar-refractivity contribution in [3.05, 3.63) is 101 Å². The van der Waals surface area contributed by atoms with Crippen molar-refractivity contribution in [2.75, 3.05) is 18.6 Å². The lowest BCUT2D eigenvalue weighted by Gasteiger charge is -2.35. The minimum atomic E-state index is -0.761. The Bertz CT molecular complexity index is 1530. The van der Waals surface area contributed by atoms with Crippen molar-refractivity contribution in [3.63, 3.8) is 0 Å². The van der Waals surface area contributed by atoms with Gasteiger partial charge in [0.15, 0.2) is 0 Å². The van der Waals surface area contributed by atoms with Gasteiger partial charge >= 0.3 is 5.97 Å². The highest BCUT2D eigenvalue weighted by molar-refractivity contribution is 7.99. The highest BCUT2D eigenvalue weighted by Crippen LogP contribution is 2.45. The molecular formula is C29H24N4O3S2. The Balaban J connectivity index is 1.68. The Morgan fingerprint density at radius 1 is 1.18 bits per heavy atom. The molecule has 2 aromatic carbocycles. The summed E-state index contributed by atoms with van der Waals surface area (Å²) in [5.74, 6) is -1.51. The number of carbonyl (C=O) groups excluding carboxylic acids is 2. The lowest BCUT2D eigenvalue weighted by Crippen LogP contribution is -2.41. The molecule has 2 N–H and O–H groups in total. The molecule has 3 heterocycles. The van der Waals surface area contributed by atoms with Crippen LogP contribution in [0, 0.1) is 11.3 Å². The van der Waals surface area contributed by atoms with Gasteiger partial charge in [0.25, 0.3) is 5.91 Å². The number of nitriles is 1. The minimum absolute atomic E-state index is 0.0140. The maximum absolute atomic E-state index is 13.9. The molecule has 38 heavy (non-hydrogen) atoms. The van der Waals surface area contributed by atoms with Gasteiger partial charge in [-0.25, -0.2) is 9.78 Å². The van der Waals surface area contributed by atoms with Gasteiger partial charge in [-0.15, -0.1) is 11.8 Å². The summed E-state index contributed by atoms with van der Waals surface area (Å²) in [6.45, 7) is 1.87. The molecule has 190 valence electrons. The standard InChI is InChI=1S/C29H24N4O3S2/c1-3-36-29(35)25-23-16-38-27-20(13-14-22(32-27)17-7-5-4-6-8-17)28(34)33(23)26(31)21(15-30)24(25)18-9-11-19(37-2)12-10-18/h4-14,24H,3,16,31H2,1-2H3. The number of benzene rings is 2. The molecule has 0 saturated heterocycles. The van der Waals surface area contributed by atoms with Gasteiger partial charge in [-0.1, -0.05) is 54.2 Å². The van der Waals surface area contributed by atoms with Gasteiger partial charge in [-0.3, -0.25) is 9.69 Å². The Kier molecular flexibility index (Phi) is 7.27. The lowest BCUT2D eigenvalue weighted by molar-refractivity contribution is -0.138. The number of pyridine rings is 1. The van der Waals surface area contributed by atoms with E-state index in [0.717, 1.165) is 21.7 Å². The smallest absolute Gasteiger partial charge is 0.336 e. The van der Waals surface area contributed by atoms with Gasteiger partial charge in [-0.05, 0) is 43.0 Å². The summed E-state index contributed by atoms with van der Waals surface area (Å²) in [5, 5.41) is 10.7. The second kappa shape index (κ2) is 10.8. The van der Waals surface area contributed by atoms with Gasteiger partial charge in [0.1, 0.15) is 10.8 Å². The zero-order chi connectivity index (χ0) is 26.8. The molecule has 0 saturated carbocycles. The first kappa shape index (κ1) is 25.6. The monoisotopic (exact) mass is 540 g/mol. The molecule has 1 atom stereocenters. The average molecular weight is 541 g/mol. The number of esters is 1. The van der Waals surface area contributed by atoms with Crippen molar-refractivity contribution in [1.29, 1.82) is 5.26 Å². The number of amides is 1. The second-order valence-corrected chi connectivity index (χ2v) is 10.4. The molecule has 0 fully saturated rings. The highest BCUT2D eigenvalue weighted by Gasteiger charge is 2.43. The summed E-state index contributed by atoms with van der Waals surface area (Å²) >= 11 is 2.95. The van der Waals surface area contributed by atoms with Crippen LogP contribution < -0.4 is 5.73 Å². The molecule has 1 unspecified atom stereocenters. The van der Waals surface area contributed by atoms with Crippen LogP contribution >= 0.6 is 23.5 Å². The number of hydrogen-bond acceptors (Lipinski definition) is 8. The third-order valence-electron chi connectivity index (χ3n) is 6.45. The molecule has 0 radical (unpaired) electrons. The Hall–Kier alpha value is -4.00. The number of thioether (sulfide) groups is 2. The Morgan fingerprint density at radius 2 is 1.92 bits per heavy atom. The molecule has 0 bridgehead atoms. The van der Waals surface area contributed by atoms with E-state index in [0.29, 0.717) is 16.3 Å². The molecule has 1 aromatic heterocycles. The van der Waals surface area contributed by atoms with E-state index in [-0.39, 0.29) is 29.3 Å². The van der Waals surface area contributed by atoms with E-state index in [9.17, 15) is 14.9 Å². The molecule has 5 rings (SSSR count). The topological polar surface area (TPSA) is 109 Å². The number of aromatic nitrogens is 1. The molecule has 3 aromatic rings. The van der Waals surface area contributed by atoms with Crippen LogP contribution in [0.2, 0.25) is 0 Å². The van der Waals surface area contributed by atoms with Crippen LogP contribution in [0.3, 0.4) is 0 Å². The number of nitrogens with zero attached hydrogens (tertiary/aromatic N) is 3. The van der Waals surface area contributed by atoms with Gasteiger partial charge in [-0.2, -0.15) is 5.26 Å². The SMILES string of the molecule is CCOC(=O)C1=C2CSc3nc(-c4ccccc4)ccc3C(=O)N2C(N)=C(C#N)C1c1ccc(SC)cc1. The molecule has 2 aliphatic rings. The number of nitrogens with two attached hydrogens (primary N) is 1. The molecule has 9 heteroatoms. The maximum Gasteiger partial charge on any atom is 0.336 e. The molecule has 0 spiro atoms. The summed E-state index contributed by atoms with van der Waals surface area (Å²) in [5.41, 5.74) is 10.1. The molecule has 7 nitrogen and oxygen atoms in total. The number of rotatable bonds is 5. The second-order valence-electron chi connectivity index (χ2n) is 8.54. The van der Waals surface area contributed by atoms with Crippen molar-refractivity contribution in [2.45, 2.75) is 22.8 Å². The number of carbonyl (C=O) groups is 2. The maximum atomic E-state index is 13.9. The van der Waals surface area contributed by atoms with Crippen molar-refractivity contribution >= 4 is 35.4 Å². The van der Waals surface area contributed by atoms with Crippen molar-refractivity contribution in [1.82, 2.24) is 9.88 Å². The lowest BCUT2D eigenvalue weighted by atomic mass is 9.81. The van der Waals surface area contributed by atoms with Crippen LogP contribution in [0.1, 0.15) is 28.8 Å². The normalized spacial score (nSPS) is 16.9. The van der Waals surface area contributed by atoms with E-state index in [1.165, 1.54) is 16.7 Å². The summed E-state index contributed by atoms with van der Waals surface area (Å²) in [7, 11) is 0. The number of allylic oxidation sites excluding steroid dienone is 1. The van der Waals surface area contributed by atoms with E-state index >= 15 is 0 Å². The average Bonchev–Trinajstić information content (AvgIpc) is 3.09.